The van der Waals surface area contributed by atoms with E-state index in [2.05, 4.69) is 0 Å². The number of piperidine rings is 2. The molecular weight excluding hydrogens is 701 g/mol. The van der Waals surface area contributed by atoms with Gasteiger partial charge in [0.25, 0.3) is 0 Å². The fourth-order valence-electron chi connectivity index (χ4n) is 9.44. The van der Waals surface area contributed by atoms with Crippen LogP contribution >= 0.6 is 23.5 Å². The Labute approximate surface area is 314 Å². The summed E-state index contributed by atoms with van der Waals surface area (Å²) in [5, 5.41) is 0. The van der Waals surface area contributed by atoms with Gasteiger partial charge in [-0.05, 0) is 135 Å². The van der Waals surface area contributed by atoms with Gasteiger partial charge in [-0.15, -0.1) is 23.5 Å². The maximum atomic E-state index is 16.8. The second-order valence-corrected chi connectivity index (χ2v) is 18.1. The SMILES string of the molecule is O=C(C1(CC2CSc3ccc(F)cc3C2)C=CC(F)(N2CCCCC2)C=C1)C1(CC2CSc3ccc(F)cc3C2)C=CC(F)(N2CCCCC2)C=C1. The molecule has 0 amide bonds. The molecule has 2 atom stereocenters. The summed E-state index contributed by atoms with van der Waals surface area (Å²) in [6.45, 7) is 2.61. The number of rotatable bonds is 8. The summed E-state index contributed by atoms with van der Waals surface area (Å²) in [5.41, 5.74) is -0.462. The van der Waals surface area contributed by atoms with Crippen LogP contribution in [-0.4, -0.2) is 64.9 Å². The van der Waals surface area contributed by atoms with Crippen molar-refractivity contribution in [3.63, 3.8) is 0 Å². The molecule has 4 aliphatic heterocycles. The van der Waals surface area contributed by atoms with Crippen molar-refractivity contribution >= 4 is 29.3 Å². The highest BCUT2D eigenvalue weighted by Gasteiger charge is 2.52. The van der Waals surface area contributed by atoms with Crippen LogP contribution in [0.1, 0.15) is 62.5 Å². The summed E-state index contributed by atoms with van der Waals surface area (Å²) < 4.78 is 62.3. The number of Topliss-reactive ketones (excluding diaryl/α,β-unsaturated/α-hetero) is 1. The van der Waals surface area contributed by atoms with Gasteiger partial charge in [-0.3, -0.25) is 14.6 Å². The highest BCUT2D eigenvalue weighted by atomic mass is 32.2. The van der Waals surface area contributed by atoms with E-state index < -0.39 is 22.4 Å². The van der Waals surface area contributed by atoms with E-state index in [-0.39, 0.29) is 29.3 Å². The first-order valence-electron chi connectivity index (χ1n) is 19.1. The summed E-state index contributed by atoms with van der Waals surface area (Å²) in [7, 11) is 0. The zero-order valence-corrected chi connectivity index (χ0v) is 31.3. The molecule has 3 nitrogen and oxygen atoms in total. The zero-order chi connectivity index (χ0) is 36.0. The van der Waals surface area contributed by atoms with Crippen LogP contribution in [0.4, 0.5) is 17.6 Å². The van der Waals surface area contributed by atoms with Gasteiger partial charge in [0.15, 0.2) is 5.78 Å². The van der Waals surface area contributed by atoms with Crippen molar-refractivity contribution in [3.8, 4) is 0 Å². The summed E-state index contributed by atoms with van der Waals surface area (Å²) in [6, 6.07) is 9.81. The lowest BCUT2D eigenvalue weighted by molar-refractivity contribution is -0.131. The number of hydrogen-bond acceptors (Lipinski definition) is 5. The average Bonchev–Trinajstić information content (AvgIpc) is 3.17. The van der Waals surface area contributed by atoms with Gasteiger partial charge in [0.1, 0.15) is 11.6 Å². The van der Waals surface area contributed by atoms with Gasteiger partial charge in [0.05, 0.1) is 10.8 Å². The largest absolute Gasteiger partial charge is 0.297 e. The lowest BCUT2D eigenvalue weighted by Gasteiger charge is -2.46. The number of allylic oxidation sites excluding steroid dienone is 4. The van der Waals surface area contributed by atoms with Crippen LogP contribution in [0.15, 0.2) is 94.8 Å². The van der Waals surface area contributed by atoms with Gasteiger partial charge < -0.3 is 0 Å². The molecule has 2 saturated heterocycles. The van der Waals surface area contributed by atoms with Gasteiger partial charge in [-0.1, -0.05) is 37.1 Å². The molecule has 0 bridgehead atoms. The molecule has 0 saturated carbocycles. The number of fused-ring (bicyclic) bond motifs is 2. The van der Waals surface area contributed by atoms with Crippen molar-refractivity contribution in [2.75, 3.05) is 37.7 Å². The molecule has 2 aliphatic carbocycles. The maximum absolute atomic E-state index is 16.8. The predicted molar refractivity (Wildman–Crippen MR) is 203 cm³/mol. The standard InChI is InChI=1S/C43H48F4N2OS2/c44-35-7-9-37-33(25-35)23-31(29-51-37)27-40(11-15-42(46,16-12-40)48-19-3-1-4-20-48)39(50)41(13-17-43(47,18-14-41)49-21-5-2-6-22-49)28-32-24-34-26-36(45)8-10-38(34)52-30-32/h7-18,25-26,31-32H,1-6,19-24,27-30H2. The van der Waals surface area contributed by atoms with Crippen molar-refractivity contribution in [1.29, 1.82) is 0 Å². The highest BCUT2D eigenvalue weighted by Crippen LogP contribution is 2.51. The quantitative estimate of drug-likeness (QED) is 0.152. The van der Waals surface area contributed by atoms with Crippen LogP contribution in [0, 0.1) is 34.3 Å². The van der Waals surface area contributed by atoms with Gasteiger partial charge in [0, 0.05) is 47.5 Å². The number of carbonyl (C=O) groups excluding carboxylic acids is 1. The number of hydrogen-bond donors (Lipinski definition) is 0. The van der Waals surface area contributed by atoms with E-state index in [1.165, 1.54) is 12.1 Å². The number of likely N-dealkylation sites (tertiary alicyclic amines) is 2. The molecule has 0 radical (unpaired) electrons. The van der Waals surface area contributed by atoms with E-state index in [0.29, 0.717) is 51.9 Å². The predicted octanol–water partition coefficient (Wildman–Crippen LogP) is 10.1. The summed E-state index contributed by atoms with van der Waals surface area (Å²) in [6.07, 6.45) is 21.6. The third-order valence-corrected chi connectivity index (χ3v) is 14.9. The number of alkyl halides is 2. The van der Waals surface area contributed by atoms with Crippen LogP contribution in [0.5, 0.6) is 0 Å². The Bertz CT molecular complexity index is 1640. The van der Waals surface area contributed by atoms with Crippen LogP contribution in [-0.2, 0) is 17.6 Å². The fourth-order valence-corrected chi connectivity index (χ4v) is 11.7. The molecule has 0 aromatic heterocycles. The average molecular weight is 749 g/mol. The zero-order valence-electron chi connectivity index (χ0n) is 29.7. The van der Waals surface area contributed by atoms with Gasteiger partial charge in [-0.2, -0.15) is 0 Å². The molecule has 2 aromatic carbocycles. The van der Waals surface area contributed by atoms with E-state index in [1.807, 2.05) is 21.9 Å². The third-order valence-electron chi connectivity index (χ3n) is 12.2. The van der Waals surface area contributed by atoms with E-state index >= 15 is 13.6 Å². The van der Waals surface area contributed by atoms with Gasteiger partial charge in [0.2, 0.25) is 11.6 Å². The molecule has 4 heterocycles. The first kappa shape index (κ1) is 36.4. The summed E-state index contributed by atoms with van der Waals surface area (Å²) >= 11 is 3.35. The number of carbonyl (C=O) groups is 1. The van der Waals surface area contributed by atoms with E-state index in [1.54, 1.807) is 84.3 Å². The molecule has 2 aromatic rings. The molecule has 9 heteroatoms. The Morgan fingerprint density at radius 2 is 0.981 bits per heavy atom. The fraction of sp³-hybridized carbons (Fsp3) is 0.512. The Hall–Kier alpha value is -2.59. The Morgan fingerprint density at radius 1 is 0.596 bits per heavy atom. The third kappa shape index (κ3) is 7.16. The lowest BCUT2D eigenvalue weighted by atomic mass is 9.60. The van der Waals surface area contributed by atoms with Crippen molar-refractivity contribution in [2.24, 2.45) is 22.7 Å². The molecule has 0 N–H and O–H groups in total. The minimum Gasteiger partial charge on any atom is -0.297 e. The van der Waals surface area contributed by atoms with Crippen molar-refractivity contribution in [3.05, 3.63) is 108 Å². The van der Waals surface area contributed by atoms with Crippen molar-refractivity contribution in [2.45, 2.75) is 85.6 Å². The van der Waals surface area contributed by atoms with E-state index in [4.69, 9.17) is 0 Å². The molecule has 2 fully saturated rings. The first-order valence-corrected chi connectivity index (χ1v) is 21.1. The van der Waals surface area contributed by atoms with Crippen LogP contribution in [0.25, 0.3) is 0 Å². The molecule has 6 aliphatic rings. The van der Waals surface area contributed by atoms with Crippen LogP contribution in [0.3, 0.4) is 0 Å². The number of ketones is 1. The molecule has 276 valence electrons. The maximum Gasteiger partial charge on any atom is 0.201 e. The van der Waals surface area contributed by atoms with Gasteiger partial charge >= 0.3 is 0 Å². The second-order valence-electron chi connectivity index (χ2n) is 16.0. The molecule has 8 rings (SSSR count). The monoisotopic (exact) mass is 748 g/mol. The van der Waals surface area contributed by atoms with Crippen molar-refractivity contribution < 1.29 is 22.4 Å². The van der Waals surface area contributed by atoms with Gasteiger partial charge in [-0.25, -0.2) is 17.6 Å². The minimum atomic E-state index is -1.79. The first-order chi connectivity index (χ1) is 25.1. The molecule has 52 heavy (non-hydrogen) atoms. The van der Waals surface area contributed by atoms with Crippen molar-refractivity contribution in [1.82, 2.24) is 9.80 Å². The Kier molecular flexibility index (Phi) is 10.2. The minimum absolute atomic E-state index is 0.0296. The molecular formula is C43H48F4N2OS2. The Morgan fingerprint density at radius 3 is 1.37 bits per heavy atom. The topological polar surface area (TPSA) is 23.6 Å². The number of halogens is 4. The number of benzene rings is 2. The van der Waals surface area contributed by atoms with E-state index in [9.17, 15) is 8.78 Å². The second kappa shape index (κ2) is 14.6. The highest BCUT2D eigenvalue weighted by molar-refractivity contribution is 7.99. The smallest absolute Gasteiger partial charge is 0.201 e. The van der Waals surface area contributed by atoms with Crippen LogP contribution < -0.4 is 0 Å². The summed E-state index contributed by atoms with van der Waals surface area (Å²) in [4.78, 5) is 21.5. The number of nitrogens with zero attached hydrogens (tertiary/aromatic N) is 2. The summed E-state index contributed by atoms with van der Waals surface area (Å²) in [5.74, 6) is -2.66. The molecule has 2 unspecified atom stereocenters. The molecule has 0 spiro atoms. The van der Waals surface area contributed by atoms with Crippen LogP contribution in [0.2, 0.25) is 0 Å². The van der Waals surface area contributed by atoms with E-state index in [0.717, 1.165) is 70.9 Å². The Balaban J connectivity index is 1.16. The number of thioether (sulfide) groups is 2. The lowest BCUT2D eigenvalue weighted by Crippen LogP contribution is -2.51. The normalized spacial score (nSPS) is 34.9.